The summed E-state index contributed by atoms with van der Waals surface area (Å²) in [5.41, 5.74) is -0.356. The van der Waals surface area contributed by atoms with Gasteiger partial charge in [-0.05, 0) is 36.5 Å². The van der Waals surface area contributed by atoms with Gasteiger partial charge in [-0.25, -0.2) is 0 Å². The summed E-state index contributed by atoms with van der Waals surface area (Å²) >= 11 is 0. The van der Waals surface area contributed by atoms with Crippen LogP contribution in [-0.4, -0.2) is 17.4 Å². The molecule has 1 saturated heterocycles. The number of hydrogen-bond donors (Lipinski definition) is 0. The van der Waals surface area contributed by atoms with Crippen LogP contribution in [-0.2, 0) is 14.3 Å². The zero-order valence-electron chi connectivity index (χ0n) is 12.4. The number of carbonyl (C=O) groups excluding carboxylic acids is 2. The summed E-state index contributed by atoms with van der Waals surface area (Å²) in [7, 11) is 0. The van der Waals surface area contributed by atoms with Gasteiger partial charge in [0.05, 0.1) is 6.42 Å². The maximum Gasteiger partial charge on any atom is 0.306 e. The molecular weight excluding hydrogens is 240 g/mol. The number of fused-ring (bicyclic) bond motifs is 3. The molecule has 1 aliphatic heterocycles. The summed E-state index contributed by atoms with van der Waals surface area (Å²) in [5.74, 6) is 0.998. The third-order valence-electron chi connectivity index (χ3n) is 6.15. The van der Waals surface area contributed by atoms with Gasteiger partial charge in [-0.2, -0.15) is 0 Å². The van der Waals surface area contributed by atoms with Gasteiger partial charge in [-0.1, -0.05) is 20.8 Å². The molecule has 0 bridgehead atoms. The lowest BCUT2D eigenvalue weighted by Crippen LogP contribution is -2.57. The second-order valence-electron chi connectivity index (χ2n) is 8.02. The SMILES string of the molecule is CC1(C)CC(=O)C[C@]2(C)[C@H]3CC(=O)O[C@@]3(C)CC[C@@H]12. The Labute approximate surface area is 115 Å². The Kier molecular flexibility index (Phi) is 2.50. The summed E-state index contributed by atoms with van der Waals surface area (Å²) in [4.78, 5) is 24.0. The molecule has 3 heteroatoms. The third kappa shape index (κ3) is 1.70. The molecule has 4 atom stereocenters. The Balaban J connectivity index is 2.04. The average Bonchev–Trinajstić information content (AvgIpc) is 2.51. The largest absolute Gasteiger partial charge is 0.459 e. The Morgan fingerprint density at radius 3 is 2.42 bits per heavy atom. The topological polar surface area (TPSA) is 43.4 Å². The minimum absolute atomic E-state index is 0.0526. The molecule has 0 aromatic carbocycles. The number of hydrogen-bond acceptors (Lipinski definition) is 3. The fourth-order valence-corrected chi connectivity index (χ4v) is 5.56. The minimum atomic E-state index is -0.337. The predicted molar refractivity (Wildman–Crippen MR) is 71.5 cm³/mol. The van der Waals surface area contributed by atoms with Gasteiger partial charge < -0.3 is 4.74 Å². The monoisotopic (exact) mass is 264 g/mol. The second kappa shape index (κ2) is 3.62. The molecule has 3 aliphatic rings. The van der Waals surface area contributed by atoms with E-state index in [9.17, 15) is 9.59 Å². The van der Waals surface area contributed by atoms with Crippen LogP contribution in [0.5, 0.6) is 0 Å². The lowest BCUT2D eigenvalue weighted by Gasteiger charge is -2.58. The molecule has 3 fully saturated rings. The van der Waals surface area contributed by atoms with Crippen molar-refractivity contribution in [1.82, 2.24) is 0 Å². The molecule has 106 valence electrons. The van der Waals surface area contributed by atoms with E-state index in [2.05, 4.69) is 27.7 Å². The molecule has 0 N–H and O–H groups in total. The molecule has 0 spiro atoms. The summed E-state index contributed by atoms with van der Waals surface area (Å²) in [5, 5.41) is 0. The predicted octanol–water partition coefficient (Wildman–Crippen LogP) is 3.11. The molecule has 0 aromatic rings. The Hall–Kier alpha value is -0.860. The molecule has 19 heavy (non-hydrogen) atoms. The number of Topliss-reactive ketones (excluding diaryl/α,β-unsaturated/α-hetero) is 1. The van der Waals surface area contributed by atoms with E-state index in [0.717, 1.165) is 12.8 Å². The van der Waals surface area contributed by atoms with Crippen LogP contribution in [0.1, 0.15) is 59.8 Å². The Bertz CT molecular complexity index is 453. The van der Waals surface area contributed by atoms with Crippen molar-refractivity contribution in [2.45, 2.75) is 65.4 Å². The lowest BCUT2D eigenvalue weighted by atomic mass is 9.45. The van der Waals surface area contributed by atoms with Crippen LogP contribution in [0.3, 0.4) is 0 Å². The fourth-order valence-electron chi connectivity index (χ4n) is 5.56. The quantitative estimate of drug-likeness (QED) is 0.631. The highest BCUT2D eigenvalue weighted by Gasteiger charge is 2.63. The Morgan fingerprint density at radius 1 is 1.05 bits per heavy atom. The van der Waals surface area contributed by atoms with Crippen LogP contribution < -0.4 is 0 Å². The van der Waals surface area contributed by atoms with Crippen molar-refractivity contribution in [2.75, 3.05) is 0 Å². The van der Waals surface area contributed by atoms with E-state index in [1.165, 1.54) is 0 Å². The molecule has 0 radical (unpaired) electrons. The lowest BCUT2D eigenvalue weighted by molar-refractivity contribution is -0.168. The van der Waals surface area contributed by atoms with Gasteiger partial charge in [0.25, 0.3) is 0 Å². The number of rotatable bonds is 0. The average molecular weight is 264 g/mol. The van der Waals surface area contributed by atoms with Gasteiger partial charge in [-0.15, -0.1) is 0 Å². The third-order valence-corrected chi connectivity index (χ3v) is 6.15. The zero-order valence-corrected chi connectivity index (χ0v) is 12.4. The molecule has 3 nitrogen and oxygen atoms in total. The standard InChI is InChI=1S/C16H24O3/c1-14(2)8-10(17)9-15(3)11(14)5-6-16(4)12(15)7-13(18)19-16/h11-12H,5-9H2,1-4H3/t11-,12+,15-,16-/m0/s1. The van der Waals surface area contributed by atoms with Gasteiger partial charge in [0.2, 0.25) is 0 Å². The molecule has 3 rings (SSSR count). The zero-order chi connectivity index (χ0) is 14.1. The van der Waals surface area contributed by atoms with Crippen LogP contribution in [0.2, 0.25) is 0 Å². The number of carbonyl (C=O) groups is 2. The van der Waals surface area contributed by atoms with Crippen LogP contribution in [0.25, 0.3) is 0 Å². The summed E-state index contributed by atoms with van der Waals surface area (Å²) in [6, 6.07) is 0. The molecule has 0 aromatic heterocycles. The molecule has 2 saturated carbocycles. The van der Waals surface area contributed by atoms with Crippen molar-refractivity contribution >= 4 is 11.8 Å². The highest BCUT2D eigenvalue weighted by Crippen LogP contribution is 2.64. The maximum absolute atomic E-state index is 12.2. The first-order chi connectivity index (χ1) is 8.67. The summed E-state index contributed by atoms with van der Waals surface area (Å²) in [6.45, 7) is 8.72. The van der Waals surface area contributed by atoms with Crippen LogP contribution in [0.4, 0.5) is 0 Å². The van der Waals surface area contributed by atoms with Crippen molar-refractivity contribution < 1.29 is 14.3 Å². The van der Waals surface area contributed by atoms with Crippen molar-refractivity contribution in [3.63, 3.8) is 0 Å². The second-order valence-corrected chi connectivity index (χ2v) is 8.02. The van der Waals surface area contributed by atoms with Gasteiger partial charge in [-0.3, -0.25) is 9.59 Å². The van der Waals surface area contributed by atoms with E-state index in [1.54, 1.807) is 0 Å². The van der Waals surface area contributed by atoms with Gasteiger partial charge in [0.1, 0.15) is 11.4 Å². The first-order valence-corrected chi connectivity index (χ1v) is 7.41. The van der Waals surface area contributed by atoms with Crippen LogP contribution in [0.15, 0.2) is 0 Å². The number of ether oxygens (including phenoxy) is 1. The summed E-state index contributed by atoms with van der Waals surface area (Å²) < 4.78 is 5.62. The number of esters is 1. The van der Waals surface area contributed by atoms with E-state index < -0.39 is 0 Å². The van der Waals surface area contributed by atoms with Crippen molar-refractivity contribution in [2.24, 2.45) is 22.7 Å². The van der Waals surface area contributed by atoms with Gasteiger partial charge in [0.15, 0.2) is 0 Å². The maximum atomic E-state index is 12.2. The minimum Gasteiger partial charge on any atom is -0.459 e. The van der Waals surface area contributed by atoms with Crippen molar-refractivity contribution in [3.8, 4) is 0 Å². The summed E-state index contributed by atoms with van der Waals surface area (Å²) in [6.07, 6.45) is 3.81. The normalized spacial score (nSPS) is 48.4. The van der Waals surface area contributed by atoms with Gasteiger partial charge in [0, 0.05) is 18.8 Å². The smallest absolute Gasteiger partial charge is 0.306 e. The van der Waals surface area contributed by atoms with Crippen LogP contribution >= 0.6 is 0 Å². The molecule has 1 heterocycles. The van der Waals surface area contributed by atoms with E-state index in [4.69, 9.17) is 4.74 Å². The van der Waals surface area contributed by atoms with Crippen LogP contribution in [0, 0.1) is 22.7 Å². The van der Waals surface area contributed by atoms with E-state index >= 15 is 0 Å². The van der Waals surface area contributed by atoms with E-state index in [-0.39, 0.29) is 28.3 Å². The van der Waals surface area contributed by atoms with Crippen molar-refractivity contribution in [3.05, 3.63) is 0 Å². The highest BCUT2D eigenvalue weighted by molar-refractivity contribution is 5.81. The molecular formula is C16H24O3. The first kappa shape index (κ1) is 13.1. The molecule has 0 unspecified atom stereocenters. The van der Waals surface area contributed by atoms with Gasteiger partial charge >= 0.3 is 5.97 Å². The number of ketones is 1. The molecule has 2 aliphatic carbocycles. The highest BCUT2D eigenvalue weighted by atomic mass is 16.6. The van der Waals surface area contributed by atoms with E-state index in [1.807, 2.05) is 0 Å². The Morgan fingerprint density at radius 2 is 1.74 bits per heavy atom. The molecule has 0 amide bonds. The fraction of sp³-hybridized carbons (Fsp3) is 0.875. The van der Waals surface area contributed by atoms with E-state index in [0.29, 0.717) is 31.0 Å². The van der Waals surface area contributed by atoms with Crippen molar-refractivity contribution in [1.29, 1.82) is 0 Å². The first-order valence-electron chi connectivity index (χ1n) is 7.41.